The van der Waals surface area contributed by atoms with E-state index in [1.165, 1.54) is 6.33 Å². The van der Waals surface area contributed by atoms with Crippen molar-refractivity contribution in [1.29, 1.82) is 0 Å². The van der Waals surface area contributed by atoms with Crippen molar-refractivity contribution in [1.82, 2.24) is 34.4 Å². The van der Waals surface area contributed by atoms with Crippen LogP contribution in [0.15, 0.2) is 30.9 Å². The van der Waals surface area contributed by atoms with Gasteiger partial charge in [-0.1, -0.05) is 6.07 Å². The third-order valence-electron chi connectivity index (χ3n) is 5.51. The molecule has 4 aromatic rings. The van der Waals surface area contributed by atoms with Crippen LogP contribution in [0.25, 0.3) is 22.2 Å². The van der Waals surface area contributed by atoms with Crippen LogP contribution in [0, 0.1) is 6.92 Å². The number of ether oxygens (including phenoxy) is 1. The van der Waals surface area contributed by atoms with E-state index >= 15 is 0 Å². The number of anilines is 1. The summed E-state index contributed by atoms with van der Waals surface area (Å²) in [5.41, 5.74) is 9.78. The Bertz CT molecular complexity index is 1270. The lowest BCUT2D eigenvalue weighted by Gasteiger charge is -2.17. The summed E-state index contributed by atoms with van der Waals surface area (Å²) in [6.45, 7) is 2.64. The van der Waals surface area contributed by atoms with Crippen molar-refractivity contribution in [3.8, 4) is 0 Å². The van der Waals surface area contributed by atoms with Crippen LogP contribution in [-0.2, 0) is 16.1 Å². The molecular formula is C20H22N8O3. The molecule has 11 heteroatoms. The second-order valence-electron chi connectivity index (χ2n) is 7.71. The van der Waals surface area contributed by atoms with Gasteiger partial charge in [0, 0.05) is 13.1 Å². The summed E-state index contributed by atoms with van der Waals surface area (Å²) < 4.78 is 7.32. The predicted molar refractivity (Wildman–Crippen MR) is 112 cm³/mol. The van der Waals surface area contributed by atoms with E-state index in [4.69, 9.17) is 10.5 Å². The van der Waals surface area contributed by atoms with Gasteiger partial charge in [-0.25, -0.2) is 19.9 Å². The van der Waals surface area contributed by atoms with Crippen molar-refractivity contribution >= 4 is 33.9 Å². The van der Waals surface area contributed by atoms with Gasteiger partial charge in [-0.3, -0.25) is 4.79 Å². The number of β-amino-alcohol motifs (C(OH)–C–C–N with tert-alkyl or cyclic N) is 1. The lowest BCUT2D eigenvalue weighted by molar-refractivity contribution is -0.136. The van der Waals surface area contributed by atoms with Crippen LogP contribution in [0.5, 0.6) is 0 Å². The number of hydrogen-bond donors (Lipinski definition) is 3. The van der Waals surface area contributed by atoms with Gasteiger partial charge in [0.1, 0.15) is 30.9 Å². The summed E-state index contributed by atoms with van der Waals surface area (Å²) in [4.78, 5) is 34.2. The second kappa shape index (κ2) is 7.60. The first-order valence-electron chi connectivity index (χ1n) is 9.91. The highest BCUT2D eigenvalue weighted by atomic mass is 16.5. The number of nitrogens with one attached hydrogen (secondary N) is 1. The molecule has 31 heavy (non-hydrogen) atoms. The van der Waals surface area contributed by atoms with E-state index in [1.807, 2.05) is 25.1 Å². The van der Waals surface area contributed by atoms with E-state index in [0.29, 0.717) is 23.5 Å². The smallest absolute Gasteiger partial charge is 0.248 e. The topological polar surface area (TPSA) is 148 Å². The monoisotopic (exact) mass is 422 g/mol. The molecule has 11 nitrogen and oxygen atoms in total. The molecule has 1 fully saturated rings. The Morgan fingerprint density at radius 1 is 1.32 bits per heavy atom. The molecule has 2 atom stereocenters. The molecule has 1 aliphatic heterocycles. The Balaban J connectivity index is 1.21. The van der Waals surface area contributed by atoms with Gasteiger partial charge in [0.15, 0.2) is 11.5 Å². The van der Waals surface area contributed by atoms with E-state index < -0.39 is 6.10 Å². The molecule has 0 spiro atoms. The predicted octanol–water partition coefficient (Wildman–Crippen LogP) is 0.554. The van der Waals surface area contributed by atoms with Gasteiger partial charge in [-0.2, -0.15) is 0 Å². The van der Waals surface area contributed by atoms with Crippen molar-refractivity contribution in [2.24, 2.45) is 0 Å². The molecule has 1 aromatic carbocycles. The summed E-state index contributed by atoms with van der Waals surface area (Å²) in [5.74, 6) is 0.736. The highest BCUT2D eigenvalue weighted by Crippen LogP contribution is 2.26. The Morgan fingerprint density at radius 2 is 2.19 bits per heavy atom. The molecule has 0 saturated carbocycles. The number of aromatic amines is 1. The van der Waals surface area contributed by atoms with Crippen molar-refractivity contribution < 1.29 is 14.6 Å². The van der Waals surface area contributed by atoms with Gasteiger partial charge >= 0.3 is 0 Å². The number of likely N-dealkylation sites (tertiary alicyclic amines) is 1. The van der Waals surface area contributed by atoms with Crippen LogP contribution in [0.2, 0.25) is 0 Å². The Hall–Kier alpha value is -3.57. The van der Waals surface area contributed by atoms with Crippen LogP contribution < -0.4 is 5.73 Å². The Labute approximate surface area is 176 Å². The summed E-state index contributed by atoms with van der Waals surface area (Å²) in [6.07, 6.45) is 2.17. The van der Waals surface area contributed by atoms with Crippen molar-refractivity contribution in [3.63, 3.8) is 0 Å². The minimum atomic E-state index is -0.754. The van der Waals surface area contributed by atoms with Crippen molar-refractivity contribution in [2.75, 3.05) is 25.4 Å². The van der Waals surface area contributed by atoms with E-state index in [9.17, 15) is 9.90 Å². The maximum atomic E-state index is 12.6. The van der Waals surface area contributed by atoms with Gasteiger partial charge in [-0.15, -0.1) is 0 Å². The average Bonchev–Trinajstić information content (AvgIpc) is 3.44. The van der Waals surface area contributed by atoms with Crippen LogP contribution in [-0.4, -0.2) is 71.2 Å². The summed E-state index contributed by atoms with van der Waals surface area (Å²) in [5, 5.41) is 10.5. The van der Waals surface area contributed by atoms with E-state index in [0.717, 1.165) is 16.6 Å². The van der Waals surface area contributed by atoms with Crippen LogP contribution in [0.1, 0.15) is 17.4 Å². The molecule has 0 bridgehead atoms. The van der Waals surface area contributed by atoms with E-state index in [2.05, 4.69) is 24.9 Å². The number of nitrogens with zero attached hydrogens (tertiary/aromatic N) is 6. The first-order chi connectivity index (χ1) is 15.0. The zero-order valence-corrected chi connectivity index (χ0v) is 16.9. The number of rotatable bonds is 5. The molecule has 0 aliphatic carbocycles. The molecule has 1 aliphatic rings. The fourth-order valence-corrected chi connectivity index (χ4v) is 3.93. The maximum absolute atomic E-state index is 12.6. The molecular weight excluding hydrogens is 400 g/mol. The summed E-state index contributed by atoms with van der Waals surface area (Å²) >= 11 is 0. The summed E-state index contributed by atoms with van der Waals surface area (Å²) in [6, 6.07) is 5.58. The zero-order valence-electron chi connectivity index (χ0n) is 16.9. The quantitative estimate of drug-likeness (QED) is 0.422. The highest BCUT2D eigenvalue weighted by molar-refractivity contribution is 5.81. The van der Waals surface area contributed by atoms with Crippen LogP contribution in [0.3, 0.4) is 0 Å². The number of aromatic nitrogens is 6. The number of aliphatic hydroxyl groups excluding tert-OH is 1. The molecule has 0 unspecified atom stereocenters. The molecule has 0 radical (unpaired) electrons. The van der Waals surface area contributed by atoms with Crippen molar-refractivity contribution in [2.45, 2.75) is 25.7 Å². The van der Waals surface area contributed by atoms with Gasteiger partial charge in [0.25, 0.3) is 0 Å². The largest absolute Gasteiger partial charge is 0.389 e. The van der Waals surface area contributed by atoms with E-state index in [-0.39, 0.29) is 37.5 Å². The fraction of sp³-hybridized carbons (Fsp3) is 0.350. The molecule has 4 heterocycles. The number of amides is 1. The number of aliphatic hydroxyl groups is 1. The maximum Gasteiger partial charge on any atom is 0.248 e. The van der Waals surface area contributed by atoms with Gasteiger partial charge in [0.05, 0.1) is 29.5 Å². The first-order valence-corrected chi connectivity index (χ1v) is 9.91. The number of carbonyl (C=O) groups excluding carboxylic acids is 1. The minimum absolute atomic E-state index is 0.102. The fourth-order valence-electron chi connectivity index (χ4n) is 3.93. The van der Waals surface area contributed by atoms with Gasteiger partial charge in [-0.05, 0) is 24.6 Å². The Morgan fingerprint density at radius 3 is 3.06 bits per heavy atom. The molecule has 3 aromatic heterocycles. The van der Waals surface area contributed by atoms with Crippen LogP contribution in [0.4, 0.5) is 5.82 Å². The Kier molecular flexibility index (Phi) is 4.75. The number of hydrogen-bond acceptors (Lipinski definition) is 8. The number of aryl methyl sites for hydroxylation is 1. The lowest BCUT2D eigenvalue weighted by Crippen LogP contribution is -2.32. The number of nitrogens with two attached hydrogens (primary N) is 1. The average molecular weight is 422 g/mol. The third kappa shape index (κ3) is 3.57. The zero-order chi connectivity index (χ0) is 21.5. The van der Waals surface area contributed by atoms with Crippen LogP contribution >= 0.6 is 0 Å². The number of H-pyrrole nitrogens is 1. The van der Waals surface area contributed by atoms with Gasteiger partial charge < -0.3 is 30.0 Å². The standard InChI is InChI=1S/C20H22N8O3/c1-11-2-3-12-13(4-11)26-16(25-12)7-31-8-17(30)27-5-14(15(29)6-27)28-10-24-18-19(21)22-9-23-20(18)28/h2-4,9-10,14-15,29H,5-8H2,1H3,(H,25,26)(H2,21,22,23)/t14-,15-/m1/s1. The number of nitrogen functional groups attached to an aromatic ring is 1. The lowest BCUT2D eigenvalue weighted by atomic mass is 10.2. The number of imidazole rings is 2. The van der Waals surface area contributed by atoms with Gasteiger partial charge in [0.2, 0.25) is 5.91 Å². The number of benzene rings is 1. The molecule has 1 saturated heterocycles. The third-order valence-corrected chi connectivity index (χ3v) is 5.51. The van der Waals surface area contributed by atoms with Crippen molar-refractivity contribution in [3.05, 3.63) is 42.2 Å². The number of fused-ring (bicyclic) bond motifs is 2. The SMILES string of the molecule is Cc1ccc2nc(COCC(=O)N3C[C@@H](O)[C@H](n4cnc5c(N)ncnc54)C3)[nH]c2c1. The second-order valence-corrected chi connectivity index (χ2v) is 7.71. The number of carbonyl (C=O) groups is 1. The normalized spacial score (nSPS) is 19.0. The molecule has 5 rings (SSSR count). The van der Waals surface area contributed by atoms with E-state index in [1.54, 1.807) is 15.8 Å². The molecule has 1 amide bonds. The summed E-state index contributed by atoms with van der Waals surface area (Å²) in [7, 11) is 0. The molecule has 4 N–H and O–H groups in total. The minimum Gasteiger partial charge on any atom is -0.389 e. The molecule has 160 valence electrons. The highest BCUT2D eigenvalue weighted by Gasteiger charge is 2.36. The first kappa shape index (κ1) is 19.4.